The maximum Gasteiger partial charge on any atom is 0.416 e. The average Bonchev–Trinajstić information content (AvgIpc) is 3.20. The highest BCUT2D eigenvalue weighted by Crippen LogP contribution is 2.44. The van der Waals surface area contributed by atoms with Crippen LogP contribution in [-0.4, -0.2) is 18.2 Å². The molecule has 1 saturated carbocycles. The van der Waals surface area contributed by atoms with Gasteiger partial charge in [0.05, 0.1) is 12.7 Å². The first-order valence-electron chi connectivity index (χ1n) is 10.8. The van der Waals surface area contributed by atoms with Crippen LogP contribution in [0.1, 0.15) is 73.1 Å². The van der Waals surface area contributed by atoms with Crippen molar-refractivity contribution < 1.29 is 32.2 Å². The molecule has 3 nitrogen and oxygen atoms in total. The van der Waals surface area contributed by atoms with Gasteiger partial charge in [0.15, 0.2) is 11.6 Å². The molecule has 1 unspecified atom stereocenters. The van der Waals surface area contributed by atoms with E-state index in [1.165, 1.54) is 25.3 Å². The van der Waals surface area contributed by atoms with Gasteiger partial charge in [-0.3, -0.25) is 4.79 Å². The van der Waals surface area contributed by atoms with Gasteiger partial charge in [0, 0.05) is 6.42 Å². The molecule has 2 aromatic rings. The lowest BCUT2D eigenvalue weighted by molar-refractivity contribution is -0.140. The van der Waals surface area contributed by atoms with Crippen LogP contribution < -0.4 is 4.74 Å². The first-order valence-corrected chi connectivity index (χ1v) is 10.8. The third-order valence-corrected chi connectivity index (χ3v) is 6.49. The van der Waals surface area contributed by atoms with Gasteiger partial charge in [0.1, 0.15) is 0 Å². The van der Waals surface area contributed by atoms with Gasteiger partial charge in [-0.15, -0.1) is 0 Å². The summed E-state index contributed by atoms with van der Waals surface area (Å²) in [4.78, 5) is 10.8. The van der Waals surface area contributed by atoms with E-state index in [-0.39, 0.29) is 36.0 Å². The summed E-state index contributed by atoms with van der Waals surface area (Å²) < 4.78 is 59.5. The zero-order valence-corrected chi connectivity index (χ0v) is 18.2. The topological polar surface area (TPSA) is 46.5 Å². The number of alkyl halides is 3. The van der Waals surface area contributed by atoms with Crippen molar-refractivity contribution in [2.45, 2.75) is 63.5 Å². The minimum absolute atomic E-state index is 0.0251. The lowest BCUT2D eigenvalue weighted by Gasteiger charge is -2.19. The van der Waals surface area contributed by atoms with Crippen molar-refractivity contribution in [3.8, 4) is 5.75 Å². The van der Waals surface area contributed by atoms with Crippen LogP contribution in [0.2, 0.25) is 0 Å². The Morgan fingerprint density at radius 1 is 1.19 bits per heavy atom. The SMILES string of the molecule is COc1cc([C@@H](C)CC2CC[C@@H](c3ccc(CCC(=O)O)c(C(F)(F)F)c3)C2)ccc1F. The number of aliphatic carboxylic acids is 1. The van der Waals surface area contributed by atoms with Gasteiger partial charge in [-0.1, -0.05) is 25.1 Å². The zero-order chi connectivity index (χ0) is 23.5. The number of carboxylic acids is 1. The number of rotatable bonds is 8. The molecule has 0 amide bonds. The number of hydrogen-bond donors (Lipinski definition) is 1. The van der Waals surface area contributed by atoms with E-state index in [1.54, 1.807) is 18.2 Å². The first kappa shape index (κ1) is 24.1. The Balaban J connectivity index is 1.69. The molecule has 0 radical (unpaired) electrons. The van der Waals surface area contributed by atoms with Crippen molar-refractivity contribution >= 4 is 5.97 Å². The summed E-state index contributed by atoms with van der Waals surface area (Å²) in [5.41, 5.74) is 0.937. The van der Waals surface area contributed by atoms with Gasteiger partial charge in [-0.2, -0.15) is 13.2 Å². The number of carbonyl (C=O) groups is 1. The Bertz CT molecular complexity index is 955. The number of hydrogen-bond acceptors (Lipinski definition) is 2. The Labute approximate surface area is 185 Å². The third kappa shape index (κ3) is 5.81. The average molecular weight is 452 g/mol. The normalized spacial score (nSPS) is 19.7. The summed E-state index contributed by atoms with van der Waals surface area (Å²) in [5, 5.41) is 8.82. The predicted octanol–water partition coefficient (Wildman–Crippen LogP) is 6.95. The number of carboxylic acid groups (broad SMARTS) is 1. The molecule has 0 aliphatic heterocycles. The van der Waals surface area contributed by atoms with Crippen LogP contribution in [0.4, 0.5) is 17.6 Å². The fourth-order valence-corrected chi connectivity index (χ4v) is 4.78. The first-order chi connectivity index (χ1) is 15.1. The molecular formula is C25H28F4O3. The van der Waals surface area contributed by atoms with Gasteiger partial charge >= 0.3 is 12.1 Å². The fraction of sp³-hybridized carbons (Fsp3) is 0.480. The van der Waals surface area contributed by atoms with E-state index in [9.17, 15) is 22.4 Å². The van der Waals surface area contributed by atoms with Crippen molar-refractivity contribution in [2.75, 3.05) is 7.11 Å². The fourth-order valence-electron chi connectivity index (χ4n) is 4.78. The molecule has 0 saturated heterocycles. The minimum atomic E-state index is -4.52. The summed E-state index contributed by atoms with van der Waals surface area (Å²) in [6.45, 7) is 2.07. The Morgan fingerprint density at radius 3 is 2.59 bits per heavy atom. The van der Waals surface area contributed by atoms with Crippen molar-refractivity contribution in [3.05, 3.63) is 64.5 Å². The second-order valence-corrected chi connectivity index (χ2v) is 8.71. The van der Waals surface area contributed by atoms with Gasteiger partial charge in [-0.05, 0) is 84.7 Å². The lowest BCUT2D eigenvalue weighted by Crippen LogP contribution is -2.12. The summed E-state index contributed by atoms with van der Waals surface area (Å²) in [6, 6.07) is 9.21. The maximum absolute atomic E-state index is 13.7. The number of halogens is 4. The van der Waals surface area contributed by atoms with E-state index < -0.39 is 23.5 Å². The molecule has 0 heterocycles. The molecule has 0 aromatic heterocycles. The van der Waals surface area contributed by atoms with E-state index in [4.69, 9.17) is 9.84 Å². The third-order valence-electron chi connectivity index (χ3n) is 6.49. The minimum Gasteiger partial charge on any atom is -0.494 e. The quantitative estimate of drug-likeness (QED) is 0.441. The lowest BCUT2D eigenvalue weighted by atomic mass is 9.87. The van der Waals surface area contributed by atoms with Crippen LogP contribution in [0.15, 0.2) is 36.4 Å². The summed E-state index contributed by atoms with van der Waals surface area (Å²) in [5.74, 6) is -0.722. The van der Waals surface area contributed by atoms with E-state index in [2.05, 4.69) is 6.92 Å². The summed E-state index contributed by atoms with van der Waals surface area (Å²) >= 11 is 0. The number of ether oxygens (including phenoxy) is 1. The van der Waals surface area contributed by atoms with E-state index in [1.807, 2.05) is 0 Å². The van der Waals surface area contributed by atoms with Crippen molar-refractivity contribution in [2.24, 2.45) is 5.92 Å². The molecule has 2 aromatic carbocycles. The van der Waals surface area contributed by atoms with E-state index in [0.717, 1.165) is 31.2 Å². The summed E-state index contributed by atoms with van der Waals surface area (Å²) in [6.07, 6.45) is -1.58. The van der Waals surface area contributed by atoms with E-state index in [0.29, 0.717) is 11.5 Å². The van der Waals surface area contributed by atoms with Crippen LogP contribution in [0.3, 0.4) is 0 Å². The molecule has 32 heavy (non-hydrogen) atoms. The van der Waals surface area contributed by atoms with Crippen LogP contribution in [0, 0.1) is 11.7 Å². The molecule has 174 valence electrons. The molecule has 0 bridgehead atoms. The molecule has 3 rings (SSSR count). The van der Waals surface area contributed by atoms with Gasteiger partial charge in [0.25, 0.3) is 0 Å². The van der Waals surface area contributed by atoms with Crippen LogP contribution in [0.25, 0.3) is 0 Å². The maximum atomic E-state index is 13.7. The van der Waals surface area contributed by atoms with Gasteiger partial charge < -0.3 is 9.84 Å². The zero-order valence-electron chi connectivity index (χ0n) is 18.2. The molecule has 1 fully saturated rings. The Kier molecular flexibility index (Phi) is 7.47. The molecule has 1 aliphatic carbocycles. The summed E-state index contributed by atoms with van der Waals surface area (Å²) in [7, 11) is 1.43. The molecule has 7 heteroatoms. The molecule has 1 aliphatic rings. The van der Waals surface area contributed by atoms with Crippen LogP contribution >= 0.6 is 0 Å². The van der Waals surface area contributed by atoms with Gasteiger partial charge in [-0.25, -0.2) is 4.39 Å². The largest absolute Gasteiger partial charge is 0.494 e. The molecule has 1 N–H and O–H groups in total. The number of aryl methyl sites for hydroxylation is 1. The predicted molar refractivity (Wildman–Crippen MR) is 113 cm³/mol. The smallest absolute Gasteiger partial charge is 0.416 e. The Hall–Kier alpha value is -2.57. The van der Waals surface area contributed by atoms with Crippen LogP contribution in [-0.2, 0) is 17.4 Å². The monoisotopic (exact) mass is 452 g/mol. The molecular weight excluding hydrogens is 424 g/mol. The van der Waals surface area contributed by atoms with E-state index >= 15 is 0 Å². The highest BCUT2D eigenvalue weighted by Gasteiger charge is 2.35. The van der Waals surface area contributed by atoms with Crippen molar-refractivity contribution in [1.82, 2.24) is 0 Å². The van der Waals surface area contributed by atoms with Crippen molar-refractivity contribution in [3.63, 3.8) is 0 Å². The highest BCUT2D eigenvalue weighted by molar-refractivity contribution is 5.67. The second kappa shape index (κ2) is 9.92. The number of benzene rings is 2. The van der Waals surface area contributed by atoms with Crippen molar-refractivity contribution in [1.29, 1.82) is 0 Å². The molecule has 3 atom stereocenters. The Morgan fingerprint density at radius 2 is 1.94 bits per heavy atom. The standard InChI is InChI=1S/C25H28F4O3/c1-15(18-7-9-22(26)23(14-18)32-2)11-16-3-4-19(12-16)20-6-5-17(8-10-24(30)31)21(13-20)25(27,28)29/h5-7,9,13-16,19H,3-4,8,10-12H2,1-2H3,(H,30,31)/t15-,16?,19+/m0/s1. The van der Waals surface area contributed by atoms with Crippen LogP contribution in [0.5, 0.6) is 5.75 Å². The molecule has 0 spiro atoms. The highest BCUT2D eigenvalue weighted by atomic mass is 19.4. The van der Waals surface area contributed by atoms with Gasteiger partial charge in [0.2, 0.25) is 0 Å². The second-order valence-electron chi connectivity index (χ2n) is 8.71. The number of methoxy groups -OCH3 is 1.